The minimum absolute atomic E-state index is 0.0862. The first-order chi connectivity index (χ1) is 11.3. The molecule has 0 N–H and O–H groups in total. The van der Waals surface area contributed by atoms with Crippen LogP contribution < -0.4 is 0 Å². The van der Waals surface area contributed by atoms with E-state index in [1.807, 2.05) is 0 Å². The predicted molar refractivity (Wildman–Crippen MR) is 72.5 cm³/mol. The van der Waals surface area contributed by atoms with Crippen LogP contribution in [0.4, 0.5) is 13.2 Å². The van der Waals surface area contributed by atoms with Crippen molar-refractivity contribution in [1.29, 1.82) is 0 Å². The number of halogens is 3. The van der Waals surface area contributed by atoms with Crippen molar-refractivity contribution >= 4 is 5.97 Å². The smallest absolute Gasteiger partial charge is 0.433 e. The molecule has 2 heterocycles. The molecule has 2 rings (SSSR count). The molecule has 0 aliphatic rings. The topological polar surface area (TPSA) is 92.0 Å². The monoisotopic (exact) mass is 345 g/mol. The first-order valence-corrected chi connectivity index (χ1v) is 6.86. The second-order valence-corrected chi connectivity index (χ2v) is 4.60. The van der Waals surface area contributed by atoms with Gasteiger partial charge in [0.2, 0.25) is 0 Å². The summed E-state index contributed by atoms with van der Waals surface area (Å²) in [5.41, 5.74) is -1.38. The fourth-order valence-electron chi connectivity index (χ4n) is 1.78. The lowest BCUT2D eigenvalue weighted by molar-refractivity contribution is -0.141. The summed E-state index contributed by atoms with van der Waals surface area (Å²) >= 11 is 0. The van der Waals surface area contributed by atoms with E-state index in [-0.39, 0.29) is 36.9 Å². The quantitative estimate of drug-likeness (QED) is 0.733. The zero-order valence-electron chi connectivity index (χ0n) is 12.9. The van der Waals surface area contributed by atoms with E-state index in [1.54, 1.807) is 14.0 Å². The second-order valence-electron chi connectivity index (χ2n) is 4.60. The number of ether oxygens (including phenoxy) is 2. The fourth-order valence-corrected chi connectivity index (χ4v) is 1.78. The number of rotatable bonds is 6. The highest BCUT2D eigenvalue weighted by molar-refractivity contribution is 5.90. The normalized spacial score (nSPS) is 11.5. The minimum atomic E-state index is -4.63. The zero-order valence-corrected chi connectivity index (χ0v) is 12.9. The number of esters is 1. The van der Waals surface area contributed by atoms with Crippen molar-refractivity contribution in [2.75, 3.05) is 6.61 Å². The van der Waals surface area contributed by atoms with E-state index in [0.717, 1.165) is 12.1 Å². The van der Waals surface area contributed by atoms with Crippen LogP contribution in [0, 0.1) is 0 Å². The van der Waals surface area contributed by atoms with Gasteiger partial charge in [-0.15, -0.1) is 10.2 Å². The lowest BCUT2D eigenvalue weighted by atomic mass is 10.1. The van der Waals surface area contributed by atoms with Gasteiger partial charge in [-0.25, -0.2) is 9.78 Å². The number of pyridine rings is 1. The lowest BCUT2D eigenvalue weighted by Gasteiger charge is -2.12. The van der Waals surface area contributed by atoms with Crippen molar-refractivity contribution in [1.82, 2.24) is 25.2 Å². The highest BCUT2D eigenvalue weighted by atomic mass is 19.4. The standard InChI is InChI=1S/C13H14F3N5O3/c1-3-24-12(22)8-4-5-10(13(14,15)16)17-9(8)6-23-7-11-18-20-21(2)19-11/h4-5H,3,6-7H2,1-2H3. The Hall–Kier alpha value is -2.56. The molecule has 0 amide bonds. The Kier molecular flexibility index (Phi) is 5.44. The first kappa shape index (κ1) is 17.8. The maximum atomic E-state index is 12.8. The van der Waals surface area contributed by atoms with E-state index in [2.05, 4.69) is 20.4 Å². The SMILES string of the molecule is CCOC(=O)c1ccc(C(F)(F)F)nc1COCc1nnn(C)n1. The maximum absolute atomic E-state index is 12.8. The van der Waals surface area contributed by atoms with E-state index in [1.165, 1.54) is 4.80 Å². The second kappa shape index (κ2) is 7.34. The van der Waals surface area contributed by atoms with Gasteiger partial charge in [-0.05, 0) is 24.3 Å². The molecule has 130 valence electrons. The van der Waals surface area contributed by atoms with E-state index in [0.29, 0.717) is 0 Å². The third-order valence-electron chi connectivity index (χ3n) is 2.78. The molecule has 0 radical (unpaired) electrons. The Morgan fingerprint density at radius 3 is 2.62 bits per heavy atom. The number of hydrogen-bond donors (Lipinski definition) is 0. The van der Waals surface area contributed by atoms with Gasteiger partial charge in [-0.2, -0.15) is 18.0 Å². The molecule has 2 aromatic heterocycles. The van der Waals surface area contributed by atoms with Gasteiger partial charge in [-0.3, -0.25) is 0 Å². The summed E-state index contributed by atoms with van der Waals surface area (Å²) in [7, 11) is 1.56. The van der Waals surface area contributed by atoms with Crippen LogP contribution in [0.3, 0.4) is 0 Å². The lowest BCUT2D eigenvalue weighted by Crippen LogP contribution is -2.15. The fraction of sp³-hybridized carbons (Fsp3) is 0.462. The number of aromatic nitrogens is 5. The molecule has 0 unspecified atom stereocenters. The first-order valence-electron chi connectivity index (χ1n) is 6.86. The van der Waals surface area contributed by atoms with Crippen LogP contribution in [0.2, 0.25) is 0 Å². The molecule has 0 spiro atoms. The molecule has 2 aromatic rings. The molecule has 0 atom stereocenters. The van der Waals surface area contributed by atoms with Gasteiger partial charge >= 0.3 is 12.1 Å². The largest absolute Gasteiger partial charge is 0.462 e. The van der Waals surface area contributed by atoms with Gasteiger partial charge in [0, 0.05) is 0 Å². The number of tetrazole rings is 1. The molecule has 0 aliphatic carbocycles. The van der Waals surface area contributed by atoms with Crippen LogP contribution in [0.15, 0.2) is 12.1 Å². The molecule has 24 heavy (non-hydrogen) atoms. The van der Waals surface area contributed by atoms with Gasteiger partial charge in [0.15, 0.2) is 5.82 Å². The van der Waals surface area contributed by atoms with Crippen molar-refractivity contribution in [2.45, 2.75) is 26.3 Å². The van der Waals surface area contributed by atoms with Gasteiger partial charge < -0.3 is 9.47 Å². The molecular formula is C13H14F3N5O3. The number of nitrogens with zero attached hydrogens (tertiary/aromatic N) is 5. The molecule has 0 fully saturated rings. The summed E-state index contributed by atoms with van der Waals surface area (Å²) in [4.78, 5) is 16.5. The van der Waals surface area contributed by atoms with Crippen molar-refractivity contribution in [2.24, 2.45) is 7.05 Å². The van der Waals surface area contributed by atoms with Crippen molar-refractivity contribution in [3.05, 3.63) is 34.9 Å². The van der Waals surface area contributed by atoms with Crippen LogP contribution in [-0.4, -0.2) is 37.8 Å². The Morgan fingerprint density at radius 1 is 1.29 bits per heavy atom. The molecule has 0 saturated carbocycles. The van der Waals surface area contributed by atoms with Crippen LogP contribution in [0.1, 0.15) is 34.5 Å². The third-order valence-corrected chi connectivity index (χ3v) is 2.78. The van der Waals surface area contributed by atoms with Crippen molar-refractivity contribution < 1.29 is 27.4 Å². The summed E-state index contributed by atoms with van der Waals surface area (Å²) < 4.78 is 48.4. The average Bonchev–Trinajstić information content (AvgIpc) is 2.92. The number of hydrogen-bond acceptors (Lipinski definition) is 7. The molecule has 0 saturated heterocycles. The zero-order chi connectivity index (χ0) is 17.7. The summed E-state index contributed by atoms with van der Waals surface area (Å²) in [6, 6.07) is 1.74. The molecule has 0 bridgehead atoms. The Morgan fingerprint density at radius 2 is 2.04 bits per heavy atom. The highest BCUT2D eigenvalue weighted by Crippen LogP contribution is 2.28. The van der Waals surface area contributed by atoms with E-state index in [9.17, 15) is 18.0 Å². The summed E-state index contributed by atoms with van der Waals surface area (Å²) in [5.74, 6) is -0.517. The number of carbonyl (C=O) groups is 1. The summed E-state index contributed by atoms with van der Waals surface area (Å²) in [6.45, 7) is 1.25. The number of aryl methyl sites for hydroxylation is 1. The van der Waals surface area contributed by atoms with Gasteiger partial charge in [0.05, 0.1) is 31.5 Å². The molecule has 0 aliphatic heterocycles. The molecular weight excluding hydrogens is 331 g/mol. The van der Waals surface area contributed by atoms with Gasteiger partial charge in [0.1, 0.15) is 12.3 Å². The average molecular weight is 345 g/mol. The number of alkyl halides is 3. The molecule has 11 heteroatoms. The van der Waals surface area contributed by atoms with E-state index < -0.39 is 17.8 Å². The number of carbonyl (C=O) groups excluding carboxylic acids is 1. The van der Waals surface area contributed by atoms with Crippen LogP contribution >= 0.6 is 0 Å². The Balaban J connectivity index is 2.18. The molecule has 0 aromatic carbocycles. The van der Waals surface area contributed by atoms with Gasteiger partial charge in [-0.1, -0.05) is 0 Å². The van der Waals surface area contributed by atoms with Crippen LogP contribution in [0.5, 0.6) is 0 Å². The summed E-state index contributed by atoms with van der Waals surface area (Å²) in [5, 5.41) is 11.1. The Labute approximate surface area is 134 Å². The van der Waals surface area contributed by atoms with Crippen molar-refractivity contribution in [3.63, 3.8) is 0 Å². The van der Waals surface area contributed by atoms with Crippen LogP contribution in [-0.2, 0) is 35.9 Å². The van der Waals surface area contributed by atoms with Crippen molar-refractivity contribution in [3.8, 4) is 0 Å². The third kappa shape index (κ3) is 4.47. The minimum Gasteiger partial charge on any atom is -0.462 e. The van der Waals surface area contributed by atoms with Crippen LogP contribution in [0.25, 0.3) is 0 Å². The molecule has 8 nitrogen and oxygen atoms in total. The Bertz CT molecular complexity index is 717. The maximum Gasteiger partial charge on any atom is 0.433 e. The highest BCUT2D eigenvalue weighted by Gasteiger charge is 2.33. The van der Waals surface area contributed by atoms with E-state index >= 15 is 0 Å². The predicted octanol–water partition coefficient (Wildman–Crippen LogP) is 1.52. The summed E-state index contributed by atoms with van der Waals surface area (Å²) in [6.07, 6.45) is -4.63. The van der Waals surface area contributed by atoms with Gasteiger partial charge in [0.25, 0.3) is 0 Å². The van der Waals surface area contributed by atoms with E-state index in [4.69, 9.17) is 9.47 Å².